The number of carbonyl (C=O) groups is 1. The molecule has 0 bridgehead atoms. The molecule has 1 aromatic carbocycles. The van der Waals surface area contributed by atoms with Crippen LogP contribution in [0.5, 0.6) is 11.5 Å². The molecule has 92 valence electrons. The fourth-order valence-electron chi connectivity index (χ4n) is 1.77. The summed E-state index contributed by atoms with van der Waals surface area (Å²) in [5.74, 6) is -0.678. The van der Waals surface area contributed by atoms with Crippen LogP contribution in [0.25, 0.3) is 0 Å². The van der Waals surface area contributed by atoms with E-state index in [1.807, 2.05) is 0 Å². The van der Waals surface area contributed by atoms with Crippen LogP contribution in [0.3, 0.4) is 0 Å². The first-order valence-corrected chi connectivity index (χ1v) is 5.65. The zero-order valence-electron chi connectivity index (χ0n) is 9.43. The fourth-order valence-corrected chi connectivity index (χ4v) is 1.77. The van der Waals surface area contributed by atoms with Gasteiger partial charge in [0.2, 0.25) is 0 Å². The van der Waals surface area contributed by atoms with Crippen molar-refractivity contribution < 1.29 is 19.8 Å². The minimum atomic E-state index is -0.371. The summed E-state index contributed by atoms with van der Waals surface area (Å²) in [5, 5.41) is 20.0. The Morgan fingerprint density at radius 1 is 1.24 bits per heavy atom. The molecule has 0 aromatic heterocycles. The quantitative estimate of drug-likeness (QED) is 0.779. The molecule has 0 spiro atoms. The third-order valence-electron chi connectivity index (χ3n) is 2.69. The summed E-state index contributed by atoms with van der Waals surface area (Å²) in [5.41, 5.74) is 0.143. The van der Waals surface area contributed by atoms with Gasteiger partial charge in [0.25, 0.3) is 5.91 Å². The van der Waals surface area contributed by atoms with Crippen molar-refractivity contribution in [3.8, 4) is 11.5 Å². The lowest BCUT2D eigenvalue weighted by atomic mass is 10.1. The van der Waals surface area contributed by atoms with Crippen molar-refractivity contribution in [2.75, 3.05) is 13.2 Å². The van der Waals surface area contributed by atoms with E-state index < -0.39 is 0 Å². The molecule has 1 aliphatic rings. The Morgan fingerprint density at radius 3 is 2.82 bits per heavy atom. The summed E-state index contributed by atoms with van der Waals surface area (Å²) >= 11 is 0. The molecule has 17 heavy (non-hydrogen) atoms. The van der Waals surface area contributed by atoms with Crippen LogP contribution in [-0.4, -0.2) is 34.3 Å². The number of nitrogens with zero attached hydrogens (tertiary/aromatic N) is 1. The summed E-state index contributed by atoms with van der Waals surface area (Å²) < 4.78 is 0. The highest BCUT2D eigenvalue weighted by molar-refractivity contribution is 5.96. The van der Waals surface area contributed by atoms with Crippen molar-refractivity contribution in [2.45, 2.75) is 19.3 Å². The smallest absolute Gasteiger partial charge is 0.281 e. The average molecular weight is 237 g/mol. The van der Waals surface area contributed by atoms with Gasteiger partial charge in [0.1, 0.15) is 11.5 Å². The van der Waals surface area contributed by atoms with Gasteiger partial charge in [-0.15, -0.1) is 0 Å². The van der Waals surface area contributed by atoms with Crippen LogP contribution in [0.15, 0.2) is 18.2 Å². The lowest BCUT2D eigenvalue weighted by molar-refractivity contribution is -0.115. The van der Waals surface area contributed by atoms with Gasteiger partial charge in [-0.25, -0.2) is 5.06 Å². The predicted molar refractivity (Wildman–Crippen MR) is 60.6 cm³/mol. The highest BCUT2D eigenvalue weighted by Crippen LogP contribution is 2.24. The van der Waals surface area contributed by atoms with E-state index in [1.165, 1.54) is 17.2 Å². The number of amides is 1. The Balaban J connectivity index is 2.17. The zero-order valence-corrected chi connectivity index (χ0v) is 9.43. The van der Waals surface area contributed by atoms with Crippen LogP contribution < -0.4 is 0 Å². The van der Waals surface area contributed by atoms with Crippen molar-refractivity contribution in [1.29, 1.82) is 0 Å². The molecule has 5 nitrogen and oxygen atoms in total. The monoisotopic (exact) mass is 237 g/mol. The molecule has 1 fully saturated rings. The fraction of sp³-hybridized carbons (Fsp3) is 0.417. The summed E-state index contributed by atoms with van der Waals surface area (Å²) in [6, 6.07) is 3.90. The summed E-state index contributed by atoms with van der Waals surface area (Å²) in [6.45, 7) is 1.05. The third-order valence-corrected chi connectivity index (χ3v) is 2.69. The maximum Gasteiger partial charge on any atom is 0.281 e. The Labute approximate surface area is 99.2 Å². The van der Waals surface area contributed by atoms with Crippen molar-refractivity contribution in [2.24, 2.45) is 0 Å². The minimum Gasteiger partial charge on any atom is -0.508 e. The van der Waals surface area contributed by atoms with Crippen molar-refractivity contribution in [1.82, 2.24) is 5.06 Å². The third kappa shape index (κ3) is 2.68. The largest absolute Gasteiger partial charge is 0.508 e. The van der Waals surface area contributed by atoms with E-state index in [0.717, 1.165) is 25.3 Å². The number of rotatable bonds is 1. The number of hydrogen-bond acceptors (Lipinski definition) is 4. The van der Waals surface area contributed by atoms with Gasteiger partial charge in [0, 0.05) is 12.6 Å². The van der Waals surface area contributed by atoms with Crippen molar-refractivity contribution in [3.63, 3.8) is 0 Å². The molecule has 0 saturated carbocycles. The lowest BCUT2D eigenvalue weighted by Crippen LogP contribution is -2.31. The molecule has 1 saturated heterocycles. The van der Waals surface area contributed by atoms with Gasteiger partial charge in [0.05, 0.1) is 12.2 Å². The molecule has 1 amide bonds. The molecule has 0 atom stereocenters. The minimum absolute atomic E-state index is 0.0733. The summed E-state index contributed by atoms with van der Waals surface area (Å²) in [6.07, 6.45) is 2.86. The standard InChI is InChI=1S/C12H15NO4/c14-9-4-5-10(11(15)8-9)12(16)13-6-2-1-3-7-17-13/h4-5,8,14-15H,1-3,6-7H2. The second kappa shape index (κ2) is 5.05. The van der Waals surface area contributed by atoms with E-state index in [4.69, 9.17) is 9.94 Å². The molecule has 0 unspecified atom stereocenters. The average Bonchev–Trinajstić information content (AvgIpc) is 2.56. The van der Waals surface area contributed by atoms with Crippen molar-refractivity contribution in [3.05, 3.63) is 23.8 Å². The van der Waals surface area contributed by atoms with Gasteiger partial charge in [-0.2, -0.15) is 0 Å². The van der Waals surface area contributed by atoms with Gasteiger partial charge >= 0.3 is 0 Å². The lowest BCUT2D eigenvalue weighted by Gasteiger charge is -2.19. The zero-order chi connectivity index (χ0) is 12.3. The van der Waals surface area contributed by atoms with Gasteiger partial charge in [-0.1, -0.05) is 0 Å². The van der Waals surface area contributed by atoms with Gasteiger partial charge in [0.15, 0.2) is 0 Å². The number of hydroxylamine groups is 2. The molecular formula is C12H15NO4. The molecule has 2 N–H and O–H groups in total. The van der Waals surface area contributed by atoms with E-state index in [2.05, 4.69) is 0 Å². The molecular weight excluding hydrogens is 222 g/mol. The number of carbonyl (C=O) groups excluding carboxylic acids is 1. The Kier molecular flexibility index (Phi) is 3.49. The van der Waals surface area contributed by atoms with Crippen LogP contribution in [0.1, 0.15) is 29.6 Å². The second-order valence-electron chi connectivity index (χ2n) is 4.00. The molecule has 1 aliphatic heterocycles. The topological polar surface area (TPSA) is 70.0 Å². The second-order valence-corrected chi connectivity index (χ2v) is 4.00. The molecule has 0 aliphatic carbocycles. The van der Waals surface area contributed by atoms with Crippen LogP contribution in [0.4, 0.5) is 0 Å². The van der Waals surface area contributed by atoms with Gasteiger partial charge in [-0.05, 0) is 31.4 Å². The molecule has 5 heteroatoms. The Hall–Kier alpha value is -1.75. The van der Waals surface area contributed by atoms with E-state index in [1.54, 1.807) is 0 Å². The number of phenols is 2. The molecule has 2 rings (SSSR count). The first kappa shape index (κ1) is 11.7. The molecule has 0 radical (unpaired) electrons. The molecule has 1 heterocycles. The molecule has 1 aromatic rings. The van der Waals surface area contributed by atoms with E-state index >= 15 is 0 Å². The van der Waals surface area contributed by atoms with Crippen LogP contribution >= 0.6 is 0 Å². The van der Waals surface area contributed by atoms with E-state index in [0.29, 0.717) is 13.2 Å². The maximum atomic E-state index is 12.0. The van der Waals surface area contributed by atoms with E-state index in [-0.39, 0.29) is 23.0 Å². The Morgan fingerprint density at radius 2 is 2.06 bits per heavy atom. The first-order valence-electron chi connectivity index (χ1n) is 5.65. The number of aromatic hydroxyl groups is 2. The number of hydrogen-bond donors (Lipinski definition) is 2. The van der Waals surface area contributed by atoms with Gasteiger partial charge in [-0.3, -0.25) is 9.63 Å². The maximum absolute atomic E-state index is 12.0. The van der Waals surface area contributed by atoms with Crippen molar-refractivity contribution >= 4 is 5.91 Å². The summed E-state index contributed by atoms with van der Waals surface area (Å²) in [7, 11) is 0. The van der Waals surface area contributed by atoms with Crippen LogP contribution in [0, 0.1) is 0 Å². The number of benzene rings is 1. The normalized spacial score (nSPS) is 16.6. The summed E-state index contributed by atoms with van der Waals surface area (Å²) in [4.78, 5) is 17.4. The highest BCUT2D eigenvalue weighted by atomic mass is 16.7. The van der Waals surface area contributed by atoms with Crippen LogP contribution in [-0.2, 0) is 4.84 Å². The Bertz CT molecular complexity index is 411. The van der Waals surface area contributed by atoms with Gasteiger partial charge < -0.3 is 10.2 Å². The van der Waals surface area contributed by atoms with E-state index in [9.17, 15) is 9.90 Å². The highest BCUT2D eigenvalue weighted by Gasteiger charge is 2.21. The number of phenolic OH excluding ortho intramolecular Hbond substituents is 2. The SMILES string of the molecule is O=C(c1ccc(O)cc1O)N1CCCCCO1. The predicted octanol–water partition coefficient (Wildman–Crippen LogP) is 1.66. The first-order chi connectivity index (χ1) is 8.18. The van der Waals surface area contributed by atoms with Crippen LogP contribution in [0.2, 0.25) is 0 Å².